The molecule has 104 valence electrons. The van der Waals surface area contributed by atoms with Crippen molar-refractivity contribution >= 4 is 17.8 Å². The summed E-state index contributed by atoms with van der Waals surface area (Å²) in [7, 11) is 0. The Hall–Kier alpha value is -2.21. The van der Waals surface area contributed by atoms with Gasteiger partial charge in [0.1, 0.15) is 0 Å². The van der Waals surface area contributed by atoms with Gasteiger partial charge in [-0.3, -0.25) is 24.2 Å². The highest BCUT2D eigenvalue weighted by atomic mass is 16.4. The third kappa shape index (κ3) is 1.98. The number of carbonyl (C=O) groups excluding carboxylic acids is 2. The molecule has 0 radical (unpaired) electrons. The van der Waals surface area contributed by atoms with Crippen LogP contribution in [-0.4, -0.2) is 52.4 Å². The van der Waals surface area contributed by atoms with E-state index in [-0.39, 0.29) is 18.5 Å². The molecule has 2 aliphatic rings. The summed E-state index contributed by atoms with van der Waals surface area (Å²) in [5.74, 6) is -1.84. The molecular weight excluding hydrogens is 260 g/mol. The fraction of sp³-hybridized carbons (Fsp3) is 0.357. The molecule has 3 rings (SSSR count). The Morgan fingerprint density at radius 2 is 1.80 bits per heavy atom. The van der Waals surface area contributed by atoms with Crippen LogP contribution >= 0.6 is 0 Å². The third-order valence-corrected chi connectivity index (χ3v) is 3.84. The van der Waals surface area contributed by atoms with Gasteiger partial charge in [0.15, 0.2) is 0 Å². The maximum atomic E-state index is 12.2. The lowest BCUT2D eigenvalue weighted by atomic mass is 10.1. The number of carboxylic acids is 1. The van der Waals surface area contributed by atoms with E-state index in [4.69, 9.17) is 5.11 Å². The first kappa shape index (κ1) is 12.8. The number of benzene rings is 1. The zero-order chi connectivity index (χ0) is 14.3. The number of amides is 2. The summed E-state index contributed by atoms with van der Waals surface area (Å²) in [5.41, 5.74) is 0.845. The smallest absolute Gasteiger partial charge is 0.307 e. The predicted molar refractivity (Wildman–Crippen MR) is 69.1 cm³/mol. The highest BCUT2D eigenvalue weighted by Crippen LogP contribution is 2.24. The lowest BCUT2D eigenvalue weighted by Gasteiger charge is -2.22. The van der Waals surface area contributed by atoms with Crippen molar-refractivity contribution < 1.29 is 19.5 Å². The average Bonchev–Trinajstić information content (AvgIpc) is 3.00. The SMILES string of the molecule is O=C(O)C1CCN(CN2C(=O)c3ccccc3C2=O)C1. The van der Waals surface area contributed by atoms with Crippen LogP contribution < -0.4 is 0 Å². The predicted octanol–water partition coefficient (Wildman–Crippen LogP) is 0.647. The Bertz CT molecular complexity index is 564. The molecule has 2 heterocycles. The second kappa shape index (κ2) is 4.72. The highest BCUT2D eigenvalue weighted by molar-refractivity contribution is 6.21. The Morgan fingerprint density at radius 1 is 1.20 bits per heavy atom. The number of fused-ring (bicyclic) bond motifs is 1. The van der Waals surface area contributed by atoms with E-state index in [0.717, 1.165) is 0 Å². The zero-order valence-corrected chi connectivity index (χ0v) is 10.8. The summed E-state index contributed by atoms with van der Waals surface area (Å²) in [6, 6.07) is 6.73. The Balaban J connectivity index is 1.73. The topological polar surface area (TPSA) is 77.9 Å². The summed E-state index contributed by atoms with van der Waals surface area (Å²) < 4.78 is 0. The number of hydrogen-bond donors (Lipinski definition) is 1. The van der Waals surface area contributed by atoms with E-state index in [1.165, 1.54) is 4.90 Å². The largest absolute Gasteiger partial charge is 0.481 e. The van der Waals surface area contributed by atoms with E-state index in [9.17, 15) is 14.4 Å². The monoisotopic (exact) mass is 274 g/mol. The number of nitrogens with zero attached hydrogens (tertiary/aromatic N) is 2. The van der Waals surface area contributed by atoms with E-state index in [1.54, 1.807) is 24.3 Å². The molecule has 0 saturated carbocycles. The van der Waals surface area contributed by atoms with Crippen molar-refractivity contribution in [3.05, 3.63) is 35.4 Å². The van der Waals surface area contributed by atoms with Gasteiger partial charge in [0.25, 0.3) is 11.8 Å². The number of carbonyl (C=O) groups is 3. The zero-order valence-electron chi connectivity index (χ0n) is 10.8. The fourth-order valence-electron chi connectivity index (χ4n) is 2.73. The second-order valence-corrected chi connectivity index (χ2v) is 5.13. The third-order valence-electron chi connectivity index (χ3n) is 3.84. The van der Waals surface area contributed by atoms with Gasteiger partial charge in [-0.2, -0.15) is 0 Å². The quantitative estimate of drug-likeness (QED) is 0.819. The van der Waals surface area contributed by atoms with Crippen molar-refractivity contribution in [2.75, 3.05) is 19.8 Å². The number of carboxylic acid groups (broad SMARTS) is 1. The molecule has 2 amide bonds. The maximum absolute atomic E-state index is 12.2. The van der Waals surface area contributed by atoms with Crippen LogP contribution in [0.2, 0.25) is 0 Å². The summed E-state index contributed by atoms with van der Waals surface area (Å²) in [5, 5.41) is 8.96. The first-order chi connectivity index (χ1) is 9.58. The standard InChI is InChI=1S/C14H14N2O4/c17-12-10-3-1-2-4-11(10)13(18)16(12)8-15-6-5-9(7-15)14(19)20/h1-4,9H,5-8H2,(H,19,20). The van der Waals surface area contributed by atoms with Crippen LogP contribution in [0.15, 0.2) is 24.3 Å². The van der Waals surface area contributed by atoms with Gasteiger partial charge >= 0.3 is 5.97 Å². The number of imide groups is 1. The van der Waals surface area contributed by atoms with Crippen molar-refractivity contribution in [2.24, 2.45) is 5.92 Å². The first-order valence-electron chi connectivity index (χ1n) is 6.48. The molecule has 0 spiro atoms. The lowest BCUT2D eigenvalue weighted by Crippen LogP contribution is -2.40. The molecule has 2 aliphatic heterocycles. The van der Waals surface area contributed by atoms with E-state index in [0.29, 0.717) is 30.6 Å². The molecule has 6 nitrogen and oxygen atoms in total. The minimum Gasteiger partial charge on any atom is -0.481 e. The second-order valence-electron chi connectivity index (χ2n) is 5.13. The maximum Gasteiger partial charge on any atom is 0.307 e. The Labute approximate surface area is 115 Å². The molecule has 6 heteroatoms. The molecule has 0 bridgehead atoms. The van der Waals surface area contributed by atoms with E-state index in [1.807, 2.05) is 4.90 Å². The number of hydrogen-bond acceptors (Lipinski definition) is 4. The van der Waals surface area contributed by atoms with Crippen molar-refractivity contribution in [1.29, 1.82) is 0 Å². The molecule has 0 aromatic heterocycles. The van der Waals surface area contributed by atoms with Gasteiger partial charge in [-0.15, -0.1) is 0 Å². The molecule has 20 heavy (non-hydrogen) atoms. The van der Waals surface area contributed by atoms with E-state index in [2.05, 4.69) is 0 Å². The van der Waals surface area contributed by atoms with Crippen molar-refractivity contribution in [3.63, 3.8) is 0 Å². The molecule has 1 saturated heterocycles. The summed E-state index contributed by atoms with van der Waals surface area (Å²) in [4.78, 5) is 38.3. The van der Waals surface area contributed by atoms with E-state index < -0.39 is 11.9 Å². The van der Waals surface area contributed by atoms with Crippen LogP contribution in [0.3, 0.4) is 0 Å². The summed E-state index contributed by atoms with van der Waals surface area (Å²) >= 11 is 0. The van der Waals surface area contributed by atoms with Crippen molar-refractivity contribution in [1.82, 2.24) is 9.80 Å². The van der Waals surface area contributed by atoms with Crippen LogP contribution in [0.1, 0.15) is 27.1 Å². The highest BCUT2D eigenvalue weighted by Gasteiger charge is 2.38. The average molecular weight is 274 g/mol. The van der Waals surface area contributed by atoms with Crippen LogP contribution in [0.4, 0.5) is 0 Å². The molecular formula is C14H14N2O4. The van der Waals surface area contributed by atoms with Gasteiger partial charge in [-0.25, -0.2) is 0 Å². The Kier molecular flexibility index (Phi) is 3.02. The molecule has 0 aliphatic carbocycles. The van der Waals surface area contributed by atoms with Crippen LogP contribution in [0.25, 0.3) is 0 Å². The molecule has 1 atom stereocenters. The first-order valence-corrected chi connectivity index (χ1v) is 6.48. The summed E-state index contributed by atoms with van der Waals surface area (Å²) in [6.07, 6.45) is 0.554. The molecule has 1 N–H and O–H groups in total. The molecule has 1 aromatic carbocycles. The molecule has 1 aromatic rings. The minimum atomic E-state index is -0.824. The normalized spacial score (nSPS) is 22.4. The summed E-state index contributed by atoms with van der Waals surface area (Å²) in [6.45, 7) is 1.13. The van der Waals surface area contributed by atoms with Crippen molar-refractivity contribution in [3.8, 4) is 0 Å². The fourth-order valence-corrected chi connectivity index (χ4v) is 2.73. The minimum absolute atomic E-state index is 0.163. The van der Waals surface area contributed by atoms with Gasteiger partial charge < -0.3 is 5.11 Å². The molecule has 1 fully saturated rings. The van der Waals surface area contributed by atoms with E-state index >= 15 is 0 Å². The van der Waals surface area contributed by atoms with Crippen LogP contribution in [0, 0.1) is 5.92 Å². The van der Waals surface area contributed by atoms with Gasteiger partial charge in [0, 0.05) is 13.1 Å². The Morgan fingerprint density at radius 3 is 2.30 bits per heavy atom. The van der Waals surface area contributed by atoms with Crippen LogP contribution in [0.5, 0.6) is 0 Å². The van der Waals surface area contributed by atoms with Gasteiger partial charge in [0.05, 0.1) is 23.7 Å². The molecule has 1 unspecified atom stereocenters. The van der Waals surface area contributed by atoms with Crippen molar-refractivity contribution in [2.45, 2.75) is 6.42 Å². The number of likely N-dealkylation sites (tertiary alicyclic amines) is 1. The lowest BCUT2D eigenvalue weighted by molar-refractivity contribution is -0.141. The number of aliphatic carboxylic acids is 1. The number of rotatable bonds is 3. The van der Waals surface area contributed by atoms with Crippen LogP contribution in [-0.2, 0) is 4.79 Å². The van der Waals surface area contributed by atoms with Gasteiger partial charge in [-0.1, -0.05) is 12.1 Å². The van der Waals surface area contributed by atoms with Gasteiger partial charge in [-0.05, 0) is 18.6 Å². The van der Waals surface area contributed by atoms with Gasteiger partial charge in [0.2, 0.25) is 0 Å².